The van der Waals surface area contributed by atoms with Crippen molar-refractivity contribution >= 4 is 21.9 Å². The first-order valence-corrected chi connectivity index (χ1v) is 10.5. The molecule has 0 unspecified atom stereocenters. The number of nitrogens with one attached hydrogen (secondary N) is 1. The van der Waals surface area contributed by atoms with Gasteiger partial charge < -0.3 is 9.47 Å². The number of sulfonamides is 1. The molecule has 0 atom stereocenters. The summed E-state index contributed by atoms with van der Waals surface area (Å²) in [5.74, 6) is 1.10. The SMILES string of the molecule is CCCCCOc1ccc(/C=N/NS(=O)(=O)c2cccc([N+](=O)[O-])c2)cc1OC. The third kappa shape index (κ3) is 6.46. The Balaban J connectivity index is 2.07. The molecule has 0 saturated carbocycles. The molecule has 0 heterocycles. The van der Waals surface area contributed by atoms with Gasteiger partial charge >= 0.3 is 0 Å². The fraction of sp³-hybridized carbons (Fsp3) is 0.316. The van der Waals surface area contributed by atoms with E-state index in [-0.39, 0.29) is 10.6 Å². The van der Waals surface area contributed by atoms with Crippen LogP contribution in [0.3, 0.4) is 0 Å². The molecular formula is C19H23N3O6S. The van der Waals surface area contributed by atoms with E-state index in [1.165, 1.54) is 31.5 Å². The molecule has 0 amide bonds. The maximum atomic E-state index is 12.3. The summed E-state index contributed by atoms with van der Waals surface area (Å²) in [6.07, 6.45) is 4.43. The molecule has 0 aliphatic rings. The lowest BCUT2D eigenvalue weighted by Gasteiger charge is -2.11. The van der Waals surface area contributed by atoms with Gasteiger partial charge in [0.15, 0.2) is 11.5 Å². The van der Waals surface area contributed by atoms with Crippen molar-refractivity contribution < 1.29 is 22.8 Å². The zero-order valence-corrected chi connectivity index (χ0v) is 17.0. The third-order valence-corrected chi connectivity index (χ3v) is 5.14. The van der Waals surface area contributed by atoms with Gasteiger partial charge in [0.2, 0.25) is 0 Å². The van der Waals surface area contributed by atoms with Crippen LogP contribution in [0.4, 0.5) is 5.69 Å². The summed E-state index contributed by atoms with van der Waals surface area (Å²) in [6.45, 7) is 2.70. The minimum Gasteiger partial charge on any atom is -0.493 e. The number of nitro benzene ring substituents is 1. The first kappa shape index (κ1) is 22.2. The number of unbranched alkanes of at least 4 members (excludes halogenated alkanes) is 2. The van der Waals surface area contributed by atoms with Crippen molar-refractivity contribution in [3.05, 3.63) is 58.1 Å². The van der Waals surface area contributed by atoms with Gasteiger partial charge in [-0.2, -0.15) is 13.5 Å². The van der Waals surface area contributed by atoms with Crippen molar-refractivity contribution in [3.8, 4) is 11.5 Å². The van der Waals surface area contributed by atoms with Gasteiger partial charge in [0.1, 0.15) is 0 Å². The zero-order valence-electron chi connectivity index (χ0n) is 16.2. The van der Waals surface area contributed by atoms with Gasteiger partial charge in [-0.25, -0.2) is 4.83 Å². The van der Waals surface area contributed by atoms with E-state index in [0.29, 0.717) is 23.7 Å². The molecule has 0 aromatic heterocycles. The van der Waals surface area contributed by atoms with Crippen molar-refractivity contribution in [1.82, 2.24) is 4.83 Å². The van der Waals surface area contributed by atoms with Gasteiger partial charge in [0.05, 0.1) is 29.8 Å². The van der Waals surface area contributed by atoms with Gasteiger partial charge in [-0.15, -0.1) is 0 Å². The van der Waals surface area contributed by atoms with Gasteiger partial charge in [-0.05, 0) is 36.2 Å². The van der Waals surface area contributed by atoms with Crippen LogP contribution in [0.5, 0.6) is 11.5 Å². The van der Waals surface area contributed by atoms with Gasteiger partial charge in [0.25, 0.3) is 15.7 Å². The van der Waals surface area contributed by atoms with Crippen molar-refractivity contribution in [1.29, 1.82) is 0 Å². The predicted molar refractivity (Wildman–Crippen MR) is 109 cm³/mol. The van der Waals surface area contributed by atoms with Crippen LogP contribution in [0, 0.1) is 10.1 Å². The molecule has 0 saturated heterocycles. The van der Waals surface area contributed by atoms with Crippen LogP contribution < -0.4 is 14.3 Å². The third-order valence-electron chi connectivity index (χ3n) is 3.92. The molecule has 2 aromatic carbocycles. The van der Waals surface area contributed by atoms with E-state index in [1.807, 2.05) is 4.83 Å². The summed E-state index contributed by atoms with van der Waals surface area (Å²) in [5, 5.41) is 14.5. The number of nitrogens with zero attached hydrogens (tertiary/aromatic N) is 2. The number of hydrogen-bond acceptors (Lipinski definition) is 7. The van der Waals surface area contributed by atoms with E-state index in [2.05, 4.69) is 12.0 Å². The largest absolute Gasteiger partial charge is 0.493 e. The van der Waals surface area contributed by atoms with Gasteiger partial charge in [-0.1, -0.05) is 25.8 Å². The number of methoxy groups -OCH3 is 1. The van der Waals surface area contributed by atoms with E-state index in [1.54, 1.807) is 18.2 Å². The van der Waals surface area contributed by atoms with E-state index in [4.69, 9.17) is 9.47 Å². The maximum Gasteiger partial charge on any atom is 0.276 e. The van der Waals surface area contributed by atoms with Crippen LogP contribution in [0.2, 0.25) is 0 Å². The lowest BCUT2D eigenvalue weighted by Crippen LogP contribution is -2.18. The Morgan fingerprint density at radius 2 is 1.97 bits per heavy atom. The van der Waals surface area contributed by atoms with Crippen molar-refractivity contribution in [2.75, 3.05) is 13.7 Å². The molecule has 0 bridgehead atoms. The zero-order chi connectivity index (χ0) is 21.3. The summed E-state index contributed by atoms with van der Waals surface area (Å²) in [4.78, 5) is 11.9. The predicted octanol–water partition coefficient (Wildman–Crippen LogP) is 3.48. The Hall–Kier alpha value is -3.14. The van der Waals surface area contributed by atoms with E-state index < -0.39 is 14.9 Å². The molecule has 0 aliphatic heterocycles. The summed E-state index contributed by atoms with van der Waals surface area (Å²) >= 11 is 0. The molecule has 9 nitrogen and oxygen atoms in total. The standard InChI is InChI=1S/C19H23N3O6S/c1-3-4-5-11-28-18-10-9-15(12-19(18)27-2)14-20-21-29(25,26)17-8-6-7-16(13-17)22(23)24/h6-10,12-14,21H,3-5,11H2,1-2H3/b20-14+. The number of non-ortho nitro benzene ring substituents is 1. The molecule has 0 radical (unpaired) electrons. The number of hydrazone groups is 1. The van der Waals surface area contributed by atoms with E-state index >= 15 is 0 Å². The van der Waals surface area contributed by atoms with Gasteiger partial charge in [0, 0.05) is 12.1 Å². The summed E-state index contributed by atoms with van der Waals surface area (Å²) in [6, 6.07) is 9.81. The fourth-order valence-electron chi connectivity index (χ4n) is 2.41. The Morgan fingerprint density at radius 1 is 1.17 bits per heavy atom. The van der Waals surface area contributed by atoms with Crippen LogP contribution in [-0.2, 0) is 10.0 Å². The highest BCUT2D eigenvalue weighted by Crippen LogP contribution is 2.27. The number of rotatable bonds is 11. The molecule has 1 N–H and O–H groups in total. The smallest absolute Gasteiger partial charge is 0.276 e. The Morgan fingerprint density at radius 3 is 2.66 bits per heavy atom. The van der Waals surface area contributed by atoms with Crippen LogP contribution in [-0.4, -0.2) is 33.3 Å². The number of hydrogen-bond donors (Lipinski definition) is 1. The van der Waals surface area contributed by atoms with Crippen molar-refractivity contribution in [3.63, 3.8) is 0 Å². The first-order chi connectivity index (χ1) is 13.9. The Kier molecular flexibility index (Phi) is 7.96. The monoisotopic (exact) mass is 421 g/mol. The van der Waals surface area contributed by atoms with E-state index in [9.17, 15) is 18.5 Å². The summed E-state index contributed by atoms with van der Waals surface area (Å²) < 4.78 is 35.5. The van der Waals surface area contributed by atoms with Crippen LogP contribution in [0.1, 0.15) is 31.7 Å². The molecule has 10 heteroatoms. The second kappa shape index (κ2) is 10.4. The molecule has 156 valence electrons. The highest BCUT2D eigenvalue weighted by molar-refractivity contribution is 7.89. The van der Waals surface area contributed by atoms with Crippen LogP contribution in [0.25, 0.3) is 0 Å². The number of ether oxygens (including phenoxy) is 2. The van der Waals surface area contributed by atoms with Crippen LogP contribution in [0.15, 0.2) is 52.5 Å². The highest BCUT2D eigenvalue weighted by Gasteiger charge is 2.16. The molecule has 0 spiro atoms. The summed E-state index contributed by atoms with van der Waals surface area (Å²) in [7, 11) is -2.52. The lowest BCUT2D eigenvalue weighted by molar-refractivity contribution is -0.385. The molecule has 2 aromatic rings. The quantitative estimate of drug-likeness (QED) is 0.257. The van der Waals surface area contributed by atoms with E-state index in [0.717, 1.165) is 25.3 Å². The first-order valence-electron chi connectivity index (χ1n) is 8.97. The van der Waals surface area contributed by atoms with Crippen molar-refractivity contribution in [2.24, 2.45) is 5.10 Å². The second-order valence-corrected chi connectivity index (χ2v) is 7.73. The average molecular weight is 421 g/mol. The molecule has 0 fully saturated rings. The molecule has 29 heavy (non-hydrogen) atoms. The topological polar surface area (TPSA) is 120 Å². The molecular weight excluding hydrogens is 398 g/mol. The highest BCUT2D eigenvalue weighted by atomic mass is 32.2. The normalized spacial score (nSPS) is 11.4. The fourth-order valence-corrected chi connectivity index (χ4v) is 3.24. The Labute approximate surface area is 169 Å². The second-order valence-electron chi connectivity index (χ2n) is 6.07. The molecule has 2 rings (SSSR count). The minimum absolute atomic E-state index is 0.253. The summed E-state index contributed by atoms with van der Waals surface area (Å²) in [5.41, 5.74) is 0.264. The molecule has 0 aliphatic carbocycles. The number of benzene rings is 2. The average Bonchev–Trinajstić information content (AvgIpc) is 2.71. The Bertz CT molecular complexity index is 976. The van der Waals surface area contributed by atoms with Gasteiger partial charge in [-0.3, -0.25) is 10.1 Å². The number of nitro groups is 1. The lowest BCUT2D eigenvalue weighted by atomic mass is 10.2. The minimum atomic E-state index is -4.04. The maximum absolute atomic E-state index is 12.3. The van der Waals surface area contributed by atoms with Crippen molar-refractivity contribution in [2.45, 2.75) is 31.1 Å². The van der Waals surface area contributed by atoms with Crippen LogP contribution >= 0.6 is 0 Å².